The molecule has 9 nitrogen and oxygen atoms in total. The Kier molecular flexibility index (Phi) is 6.27. The summed E-state index contributed by atoms with van der Waals surface area (Å²) in [6.07, 6.45) is 0. The number of amides is 1. The Hall–Kier alpha value is -2.02. The van der Waals surface area contributed by atoms with E-state index in [9.17, 15) is 17.6 Å². The van der Waals surface area contributed by atoms with Crippen molar-refractivity contribution in [1.82, 2.24) is 19.6 Å². The second-order valence-electron chi connectivity index (χ2n) is 5.33. The lowest BCUT2D eigenvalue weighted by molar-refractivity contribution is -0.114. The van der Waals surface area contributed by atoms with Gasteiger partial charge in [-0.1, -0.05) is 45.2 Å². The van der Waals surface area contributed by atoms with Crippen molar-refractivity contribution in [1.29, 1.82) is 0 Å². The molecule has 3 aromatic rings. The van der Waals surface area contributed by atoms with Crippen LogP contribution in [-0.4, -0.2) is 45.8 Å². The number of hydrogen-bond acceptors (Lipinski definition) is 7. The number of benzene rings is 1. The molecule has 0 fully saturated rings. The Labute approximate surface area is 182 Å². The van der Waals surface area contributed by atoms with Crippen LogP contribution < -0.4 is 9.04 Å². The third-order valence-electron chi connectivity index (χ3n) is 3.47. The zero-order chi connectivity index (χ0) is 21.3. The van der Waals surface area contributed by atoms with Gasteiger partial charge in [0.15, 0.2) is 5.65 Å². The minimum Gasteiger partial charge on any atom is -0.464 e. The average Bonchev–Trinajstić information content (AvgIpc) is 3.09. The van der Waals surface area contributed by atoms with Gasteiger partial charge >= 0.3 is 16.0 Å². The largest absolute Gasteiger partial charge is 0.464 e. The van der Waals surface area contributed by atoms with Crippen LogP contribution in [-0.2, 0) is 14.8 Å². The van der Waals surface area contributed by atoms with Gasteiger partial charge in [0.2, 0.25) is 5.95 Å². The number of nitrogens with zero attached hydrogens (tertiary/aromatic N) is 5. The van der Waals surface area contributed by atoms with E-state index < -0.39 is 27.0 Å². The summed E-state index contributed by atoms with van der Waals surface area (Å²) in [4.78, 5) is 19.8. The number of sulfonamides is 1. The molecule has 0 radical (unpaired) electrons. The van der Waals surface area contributed by atoms with Crippen LogP contribution in [0.2, 0.25) is 10.0 Å². The third kappa shape index (κ3) is 4.02. The van der Waals surface area contributed by atoms with Crippen LogP contribution >= 0.6 is 39.1 Å². The highest BCUT2D eigenvalue weighted by Gasteiger charge is 2.37. The van der Waals surface area contributed by atoms with Crippen LogP contribution in [0, 0.1) is 5.95 Å². The second kappa shape index (κ2) is 8.38. The Balaban J connectivity index is 2.24. The first kappa shape index (κ1) is 21.7. The predicted octanol–water partition coefficient (Wildman–Crippen LogP) is 3.09. The summed E-state index contributed by atoms with van der Waals surface area (Å²) in [5, 5.41) is 2.52. The van der Waals surface area contributed by atoms with Gasteiger partial charge in [-0.25, -0.2) is 0 Å². The van der Waals surface area contributed by atoms with Crippen LogP contribution in [0.1, 0.15) is 6.92 Å². The number of rotatable bonds is 6. The standard InChI is InChI=1S/C15H11BrCl2FN5O4S/c1-2-28-15-20-10(19)6-11-21-14(22-23(11)15)29(26,27)24(12(25)7-16)13-8(17)4-3-5-9(13)18/h3-6H,2,7H2,1H3. The van der Waals surface area contributed by atoms with Crippen molar-refractivity contribution in [2.75, 3.05) is 16.2 Å². The molecule has 0 N–H and O–H groups in total. The van der Waals surface area contributed by atoms with Crippen LogP contribution in [0.25, 0.3) is 5.65 Å². The maximum Gasteiger partial charge on any atom is 0.322 e. The lowest BCUT2D eigenvalue weighted by Gasteiger charge is -2.22. The van der Waals surface area contributed by atoms with E-state index in [4.69, 9.17) is 27.9 Å². The second-order valence-corrected chi connectivity index (χ2v) is 8.38. The molecule has 1 aromatic carbocycles. The molecule has 3 rings (SSSR count). The molecular weight excluding hydrogens is 516 g/mol. The van der Waals surface area contributed by atoms with Crippen molar-refractivity contribution in [2.45, 2.75) is 12.1 Å². The fraction of sp³-hybridized carbons (Fsp3) is 0.200. The number of carbonyl (C=O) groups excluding carboxylic acids is 1. The minimum absolute atomic E-state index is 0.0816. The average molecular weight is 527 g/mol. The molecule has 29 heavy (non-hydrogen) atoms. The molecular formula is C15H11BrCl2FN5O4S. The van der Waals surface area contributed by atoms with E-state index in [1.54, 1.807) is 6.92 Å². The Morgan fingerprint density at radius 3 is 2.55 bits per heavy atom. The Bertz CT molecular complexity index is 1190. The summed E-state index contributed by atoms with van der Waals surface area (Å²) in [6.45, 7) is 1.75. The number of para-hydroxylation sites is 1. The highest BCUT2D eigenvalue weighted by atomic mass is 79.9. The number of hydrogen-bond donors (Lipinski definition) is 0. The molecule has 0 unspecified atom stereocenters. The first-order chi connectivity index (χ1) is 13.7. The maximum absolute atomic E-state index is 13.7. The molecule has 1 amide bonds. The van der Waals surface area contributed by atoms with Crippen molar-refractivity contribution < 1.29 is 22.3 Å². The van der Waals surface area contributed by atoms with E-state index in [1.807, 2.05) is 0 Å². The number of fused-ring (bicyclic) bond motifs is 1. The summed E-state index contributed by atoms with van der Waals surface area (Å²) in [5.74, 6) is -1.84. The first-order valence-corrected chi connectivity index (χ1v) is 11.2. The van der Waals surface area contributed by atoms with Crippen LogP contribution in [0.3, 0.4) is 0 Å². The number of alkyl halides is 1. The SMILES string of the molecule is CCOc1nc(F)cc2nc(S(=O)(=O)N(C(=O)CBr)c3c(Cl)cccc3Cl)nn12. The van der Waals surface area contributed by atoms with E-state index in [2.05, 4.69) is 31.0 Å². The van der Waals surface area contributed by atoms with E-state index in [-0.39, 0.29) is 39.3 Å². The molecule has 0 bridgehead atoms. The van der Waals surface area contributed by atoms with Crippen molar-refractivity contribution in [3.63, 3.8) is 0 Å². The van der Waals surface area contributed by atoms with Crippen LogP contribution in [0.4, 0.5) is 10.1 Å². The number of ether oxygens (including phenoxy) is 1. The molecule has 0 aliphatic heterocycles. The maximum atomic E-state index is 13.7. The van der Waals surface area contributed by atoms with Gasteiger partial charge in [-0.3, -0.25) is 4.79 Å². The van der Waals surface area contributed by atoms with Gasteiger partial charge in [0.05, 0.1) is 27.7 Å². The van der Waals surface area contributed by atoms with Crippen LogP contribution in [0.5, 0.6) is 6.01 Å². The number of anilines is 1. The molecule has 0 spiro atoms. The van der Waals surface area contributed by atoms with E-state index >= 15 is 0 Å². The van der Waals surface area contributed by atoms with Crippen molar-refractivity contribution in [3.8, 4) is 6.01 Å². The van der Waals surface area contributed by atoms with Crippen molar-refractivity contribution in [2.24, 2.45) is 0 Å². The summed E-state index contributed by atoms with van der Waals surface area (Å²) < 4.78 is 46.6. The molecule has 2 heterocycles. The molecule has 0 aliphatic rings. The fourth-order valence-electron chi connectivity index (χ4n) is 2.35. The van der Waals surface area contributed by atoms with Gasteiger partial charge in [0.25, 0.3) is 11.1 Å². The lowest BCUT2D eigenvalue weighted by Crippen LogP contribution is -2.38. The van der Waals surface area contributed by atoms with Gasteiger partial charge in [-0.05, 0) is 19.1 Å². The summed E-state index contributed by atoms with van der Waals surface area (Å²) in [5.41, 5.74) is -0.440. The zero-order valence-electron chi connectivity index (χ0n) is 14.5. The van der Waals surface area contributed by atoms with Gasteiger partial charge in [0.1, 0.15) is 0 Å². The fourth-order valence-corrected chi connectivity index (χ4v) is 4.76. The summed E-state index contributed by atoms with van der Waals surface area (Å²) in [7, 11) is -4.68. The van der Waals surface area contributed by atoms with Gasteiger partial charge in [-0.2, -0.15) is 31.6 Å². The van der Waals surface area contributed by atoms with Gasteiger partial charge in [-0.15, -0.1) is 5.10 Å². The summed E-state index contributed by atoms with van der Waals surface area (Å²) >= 11 is 15.1. The summed E-state index contributed by atoms with van der Waals surface area (Å²) in [6, 6.07) is 4.80. The number of carbonyl (C=O) groups is 1. The minimum atomic E-state index is -4.68. The van der Waals surface area contributed by atoms with Crippen LogP contribution in [0.15, 0.2) is 29.4 Å². The lowest BCUT2D eigenvalue weighted by atomic mass is 10.3. The van der Waals surface area contributed by atoms with E-state index in [0.29, 0.717) is 4.31 Å². The zero-order valence-corrected chi connectivity index (χ0v) is 18.4. The highest BCUT2D eigenvalue weighted by molar-refractivity contribution is 9.09. The predicted molar refractivity (Wildman–Crippen MR) is 107 cm³/mol. The van der Waals surface area contributed by atoms with E-state index in [0.717, 1.165) is 10.6 Å². The smallest absolute Gasteiger partial charge is 0.322 e. The first-order valence-electron chi connectivity index (χ1n) is 7.85. The Morgan fingerprint density at radius 1 is 1.31 bits per heavy atom. The molecule has 154 valence electrons. The quantitative estimate of drug-likeness (QED) is 0.359. The molecule has 0 aliphatic carbocycles. The van der Waals surface area contributed by atoms with E-state index in [1.165, 1.54) is 18.2 Å². The monoisotopic (exact) mass is 525 g/mol. The highest BCUT2D eigenvalue weighted by Crippen LogP contribution is 2.36. The van der Waals surface area contributed by atoms with Crippen molar-refractivity contribution in [3.05, 3.63) is 40.3 Å². The normalized spacial score (nSPS) is 11.6. The van der Waals surface area contributed by atoms with Crippen molar-refractivity contribution >= 4 is 66.4 Å². The molecule has 0 atom stereocenters. The molecule has 14 heteroatoms. The third-order valence-corrected chi connectivity index (χ3v) is 6.06. The molecule has 0 saturated heterocycles. The number of halogens is 4. The number of aromatic nitrogens is 4. The van der Waals surface area contributed by atoms with Gasteiger partial charge < -0.3 is 4.74 Å². The molecule has 2 aromatic heterocycles. The topological polar surface area (TPSA) is 107 Å². The molecule has 0 saturated carbocycles. The van der Waals surface area contributed by atoms with Gasteiger partial charge in [0, 0.05) is 6.07 Å². The Morgan fingerprint density at radius 2 is 1.97 bits per heavy atom.